The number of halogens is 1. The SMILES string of the molecule is N[C@@H]1CN(C(=O)COc2cccc(Cl)c2)C[C@H]1c1ccccc1. The maximum Gasteiger partial charge on any atom is 0.260 e. The number of hydrogen-bond donors (Lipinski definition) is 1. The van der Waals surface area contributed by atoms with Gasteiger partial charge in [0.15, 0.2) is 6.61 Å². The van der Waals surface area contributed by atoms with Gasteiger partial charge in [-0.25, -0.2) is 0 Å². The molecular formula is C18H19ClN2O2. The van der Waals surface area contributed by atoms with Crippen LogP contribution in [-0.4, -0.2) is 36.5 Å². The number of likely N-dealkylation sites (tertiary alicyclic amines) is 1. The van der Waals surface area contributed by atoms with E-state index in [0.717, 1.165) is 0 Å². The van der Waals surface area contributed by atoms with Gasteiger partial charge in [-0.05, 0) is 23.8 Å². The summed E-state index contributed by atoms with van der Waals surface area (Å²) in [7, 11) is 0. The Hall–Kier alpha value is -2.04. The Kier molecular flexibility index (Phi) is 4.84. The van der Waals surface area contributed by atoms with Crippen molar-refractivity contribution in [3.63, 3.8) is 0 Å². The molecule has 1 heterocycles. The third-order valence-corrected chi connectivity index (χ3v) is 4.34. The summed E-state index contributed by atoms with van der Waals surface area (Å²) in [5.41, 5.74) is 7.39. The predicted octanol–water partition coefficient (Wildman–Crippen LogP) is 2.67. The first-order valence-electron chi connectivity index (χ1n) is 7.60. The largest absolute Gasteiger partial charge is 0.484 e. The van der Waals surface area contributed by atoms with Crippen molar-refractivity contribution in [1.29, 1.82) is 0 Å². The maximum absolute atomic E-state index is 12.3. The fraction of sp³-hybridized carbons (Fsp3) is 0.278. The summed E-state index contributed by atoms with van der Waals surface area (Å²) in [5, 5.41) is 0.585. The fourth-order valence-electron chi connectivity index (χ4n) is 2.88. The summed E-state index contributed by atoms with van der Waals surface area (Å²) < 4.78 is 5.52. The zero-order valence-corrected chi connectivity index (χ0v) is 13.4. The molecule has 1 amide bonds. The van der Waals surface area contributed by atoms with E-state index in [1.807, 2.05) is 18.2 Å². The molecule has 1 saturated heterocycles. The van der Waals surface area contributed by atoms with Crippen LogP contribution in [0.5, 0.6) is 5.75 Å². The molecular weight excluding hydrogens is 312 g/mol. The lowest BCUT2D eigenvalue weighted by atomic mass is 9.95. The van der Waals surface area contributed by atoms with Gasteiger partial charge in [0, 0.05) is 30.1 Å². The summed E-state index contributed by atoms with van der Waals surface area (Å²) in [5.74, 6) is 0.708. The number of amides is 1. The van der Waals surface area contributed by atoms with Crippen molar-refractivity contribution in [3.8, 4) is 5.75 Å². The van der Waals surface area contributed by atoms with E-state index < -0.39 is 0 Å². The quantitative estimate of drug-likeness (QED) is 0.937. The number of carbonyl (C=O) groups excluding carboxylic acids is 1. The second-order valence-corrected chi connectivity index (χ2v) is 6.16. The molecule has 0 aliphatic carbocycles. The standard InChI is InChI=1S/C18H19ClN2O2/c19-14-7-4-8-15(9-14)23-12-18(22)21-10-16(17(20)11-21)13-5-2-1-3-6-13/h1-9,16-17H,10-12,20H2/t16-,17+/m0/s1. The first-order chi connectivity index (χ1) is 11.1. The first-order valence-corrected chi connectivity index (χ1v) is 7.98. The first kappa shape index (κ1) is 15.8. The van der Waals surface area contributed by atoms with Gasteiger partial charge >= 0.3 is 0 Å². The smallest absolute Gasteiger partial charge is 0.260 e. The van der Waals surface area contributed by atoms with E-state index in [2.05, 4.69) is 12.1 Å². The summed E-state index contributed by atoms with van der Waals surface area (Å²) in [6.45, 7) is 1.18. The molecule has 0 bridgehead atoms. The third-order valence-electron chi connectivity index (χ3n) is 4.10. The Labute approximate surface area is 140 Å². The molecule has 0 radical (unpaired) electrons. The highest BCUT2D eigenvalue weighted by Crippen LogP contribution is 2.26. The van der Waals surface area contributed by atoms with Gasteiger partial charge in [-0.1, -0.05) is 48.0 Å². The molecule has 3 rings (SSSR count). The molecule has 1 aliphatic rings. The van der Waals surface area contributed by atoms with Crippen LogP contribution >= 0.6 is 11.6 Å². The van der Waals surface area contributed by atoms with Crippen molar-refractivity contribution < 1.29 is 9.53 Å². The number of nitrogens with zero attached hydrogens (tertiary/aromatic N) is 1. The molecule has 0 unspecified atom stereocenters. The van der Waals surface area contributed by atoms with E-state index in [-0.39, 0.29) is 24.5 Å². The normalized spacial score (nSPS) is 20.5. The number of rotatable bonds is 4. The lowest BCUT2D eigenvalue weighted by Gasteiger charge is -2.17. The van der Waals surface area contributed by atoms with Gasteiger partial charge in [0.25, 0.3) is 5.91 Å². The van der Waals surface area contributed by atoms with Crippen LogP contribution in [0, 0.1) is 0 Å². The second-order valence-electron chi connectivity index (χ2n) is 5.73. The average molecular weight is 331 g/mol. The van der Waals surface area contributed by atoms with Crippen LogP contribution in [0.4, 0.5) is 0 Å². The molecule has 23 heavy (non-hydrogen) atoms. The van der Waals surface area contributed by atoms with E-state index in [0.29, 0.717) is 23.9 Å². The molecule has 5 heteroatoms. The minimum Gasteiger partial charge on any atom is -0.484 e. The van der Waals surface area contributed by atoms with Gasteiger partial charge in [0.1, 0.15) is 5.75 Å². The van der Waals surface area contributed by atoms with E-state index >= 15 is 0 Å². The third kappa shape index (κ3) is 3.84. The number of benzene rings is 2. The lowest BCUT2D eigenvalue weighted by molar-refractivity contribution is -0.132. The monoisotopic (exact) mass is 330 g/mol. The van der Waals surface area contributed by atoms with Crippen LogP contribution < -0.4 is 10.5 Å². The van der Waals surface area contributed by atoms with Crippen LogP contribution in [0.25, 0.3) is 0 Å². The summed E-state index contributed by atoms with van der Waals surface area (Å²) in [6.07, 6.45) is 0. The number of ether oxygens (including phenoxy) is 1. The molecule has 2 aromatic carbocycles. The number of hydrogen-bond acceptors (Lipinski definition) is 3. The van der Waals surface area contributed by atoms with E-state index in [1.165, 1.54) is 5.56 Å². The highest BCUT2D eigenvalue weighted by atomic mass is 35.5. The topological polar surface area (TPSA) is 55.6 Å². The summed E-state index contributed by atoms with van der Waals surface area (Å²) >= 11 is 5.90. The zero-order chi connectivity index (χ0) is 16.2. The highest BCUT2D eigenvalue weighted by Gasteiger charge is 2.33. The number of nitrogens with two attached hydrogens (primary N) is 1. The van der Waals surface area contributed by atoms with Crippen molar-refractivity contribution >= 4 is 17.5 Å². The van der Waals surface area contributed by atoms with Crippen LogP contribution in [0.1, 0.15) is 11.5 Å². The van der Waals surface area contributed by atoms with Gasteiger partial charge in [-0.2, -0.15) is 0 Å². The lowest BCUT2D eigenvalue weighted by Crippen LogP contribution is -2.35. The van der Waals surface area contributed by atoms with Crippen molar-refractivity contribution in [2.45, 2.75) is 12.0 Å². The Morgan fingerprint density at radius 3 is 2.70 bits per heavy atom. The summed E-state index contributed by atoms with van der Waals surface area (Å²) in [6, 6.07) is 17.1. The highest BCUT2D eigenvalue weighted by molar-refractivity contribution is 6.30. The molecule has 1 fully saturated rings. The van der Waals surface area contributed by atoms with Crippen molar-refractivity contribution in [2.24, 2.45) is 5.73 Å². The molecule has 2 N–H and O–H groups in total. The fourth-order valence-corrected chi connectivity index (χ4v) is 3.06. The van der Waals surface area contributed by atoms with E-state index in [4.69, 9.17) is 22.1 Å². The van der Waals surface area contributed by atoms with Gasteiger partial charge in [0.05, 0.1) is 0 Å². The average Bonchev–Trinajstić information content (AvgIpc) is 2.95. The van der Waals surface area contributed by atoms with Crippen LogP contribution in [-0.2, 0) is 4.79 Å². The minimum atomic E-state index is -0.0566. The molecule has 120 valence electrons. The predicted molar refractivity (Wildman–Crippen MR) is 90.7 cm³/mol. The van der Waals surface area contributed by atoms with Gasteiger partial charge in [-0.15, -0.1) is 0 Å². The number of carbonyl (C=O) groups is 1. The van der Waals surface area contributed by atoms with Crippen LogP contribution in [0.3, 0.4) is 0 Å². The Morgan fingerprint density at radius 2 is 1.96 bits per heavy atom. The summed E-state index contributed by atoms with van der Waals surface area (Å²) in [4.78, 5) is 14.1. The molecule has 0 aromatic heterocycles. The molecule has 2 atom stereocenters. The Bertz CT molecular complexity index is 678. The molecule has 2 aromatic rings. The van der Waals surface area contributed by atoms with E-state index in [9.17, 15) is 4.79 Å². The molecule has 1 aliphatic heterocycles. The van der Waals surface area contributed by atoms with Crippen LogP contribution in [0.15, 0.2) is 54.6 Å². The van der Waals surface area contributed by atoms with Crippen molar-refractivity contribution in [1.82, 2.24) is 4.90 Å². The molecule has 0 saturated carbocycles. The Balaban J connectivity index is 1.58. The molecule has 0 spiro atoms. The van der Waals surface area contributed by atoms with Gasteiger partial charge < -0.3 is 15.4 Å². The Morgan fingerprint density at radius 1 is 1.17 bits per heavy atom. The van der Waals surface area contributed by atoms with Crippen LogP contribution in [0.2, 0.25) is 5.02 Å². The second kappa shape index (κ2) is 7.02. The molecule has 4 nitrogen and oxygen atoms in total. The van der Waals surface area contributed by atoms with E-state index in [1.54, 1.807) is 29.2 Å². The van der Waals surface area contributed by atoms with Gasteiger partial charge in [-0.3, -0.25) is 4.79 Å². The van der Waals surface area contributed by atoms with Crippen molar-refractivity contribution in [2.75, 3.05) is 19.7 Å². The maximum atomic E-state index is 12.3. The zero-order valence-electron chi connectivity index (χ0n) is 12.7. The van der Waals surface area contributed by atoms with Gasteiger partial charge in [0.2, 0.25) is 0 Å². The minimum absolute atomic E-state index is 0.00539. The van der Waals surface area contributed by atoms with Crippen molar-refractivity contribution in [3.05, 3.63) is 65.2 Å².